The van der Waals surface area contributed by atoms with Crippen LogP contribution in [0.25, 0.3) is 0 Å². The van der Waals surface area contributed by atoms with Gasteiger partial charge in [0.25, 0.3) is 0 Å². The van der Waals surface area contributed by atoms with Crippen molar-refractivity contribution in [2.24, 2.45) is 0 Å². The van der Waals surface area contributed by atoms with E-state index in [0.717, 1.165) is 25.2 Å². The normalized spacial score (nSPS) is 15.0. The van der Waals surface area contributed by atoms with E-state index in [9.17, 15) is 0 Å². The molecule has 4 heteroatoms. The molecule has 0 aromatic carbocycles. The molecular formula is C12H23N3O. The lowest BCUT2D eigenvalue weighted by molar-refractivity contribution is 0.101. The average Bonchev–Trinajstić information content (AvgIpc) is 2.75. The van der Waals surface area contributed by atoms with E-state index in [0.29, 0.717) is 6.04 Å². The molecule has 16 heavy (non-hydrogen) atoms. The third kappa shape index (κ3) is 3.61. The minimum absolute atomic E-state index is 0.280. The lowest BCUT2D eigenvalue weighted by Crippen LogP contribution is -2.32. The molecule has 4 nitrogen and oxygen atoms in total. The van der Waals surface area contributed by atoms with Crippen molar-refractivity contribution in [3.63, 3.8) is 0 Å². The van der Waals surface area contributed by atoms with Gasteiger partial charge in [0.15, 0.2) is 0 Å². The number of aryl methyl sites for hydroxylation is 1. The van der Waals surface area contributed by atoms with Gasteiger partial charge in [0.05, 0.1) is 6.10 Å². The van der Waals surface area contributed by atoms with Gasteiger partial charge in [0.1, 0.15) is 5.82 Å². The van der Waals surface area contributed by atoms with E-state index >= 15 is 0 Å². The summed E-state index contributed by atoms with van der Waals surface area (Å²) in [5, 5.41) is 3.32. The number of imidazole rings is 1. The van der Waals surface area contributed by atoms with E-state index in [1.165, 1.54) is 0 Å². The fraction of sp³-hybridized carbons (Fsp3) is 0.750. The van der Waals surface area contributed by atoms with Gasteiger partial charge in [-0.1, -0.05) is 0 Å². The van der Waals surface area contributed by atoms with Gasteiger partial charge in [-0.15, -0.1) is 0 Å². The number of methoxy groups -OCH3 is 1. The van der Waals surface area contributed by atoms with Crippen LogP contribution >= 0.6 is 0 Å². The number of likely N-dealkylation sites (N-methyl/N-ethyl adjacent to an activating group) is 1. The van der Waals surface area contributed by atoms with E-state index in [4.69, 9.17) is 4.74 Å². The first-order chi connectivity index (χ1) is 7.71. The molecule has 1 aromatic rings. The van der Waals surface area contributed by atoms with Crippen LogP contribution in [0.5, 0.6) is 0 Å². The molecule has 0 saturated carbocycles. The van der Waals surface area contributed by atoms with Crippen molar-refractivity contribution in [3.8, 4) is 0 Å². The van der Waals surface area contributed by atoms with Crippen molar-refractivity contribution in [3.05, 3.63) is 18.2 Å². The van der Waals surface area contributed by atoms with Crippen LogP contribution in [-0.4, -0.2) is 35.9 Å². The predicted octanol–water partition coefficient (Wildman–Crippen LogP) is 1.46. The monoisotopic (exact) mass is 225 g/mol. The first kappa shape index (κ1) is 13.2. The number of rotatable bonds is 7. The summed E-state index contributed by atoms with van der Waals surface area (Å²) in [6.07, 6.45) is 6.13. The predicted molar refractivity (Wildman–Crippen MR) is 65.5 cm³/mol. The summed E-state index contributed by atoms with van der Waals surface area (Å²) in [5.74, 6) is 1.14. The summed E-state index contributed by atoms with van der Waals surface area (Å²) in [5.41, 5.74) is 0. The van der Waals surface area contributed by atoms with Gasteiger partial charge in [0, 0.05) is 38.5 Å². The Kier molecular flexibility index (Phi) is 5.49. The van der Waals surface area contributed by atoms with Crippen LogP contribution in [0.15, 0.2) is 12.4 Å². The second-order valence-electron chi connectivity index (χ2n) is 4.10. The Morgan fingerprint density at radius 2 is 2.31 bits per heavy atom. The smallest absolute Gasteiger partial charge is 0.110 e. The van der Waals surface area contributed by atoms with Crippen LogP contribution in [0.3, 0.4) is 0 Å². The molecule has 0 radical (unpaired) electrons. The van der Waals surface area contributed by atoms with E-state index in [1.54, 1.807) is 7.11 Å². The summed E-state index contributed by atoms with van der Waals surface area (Å²) in [6.45, 7) is 5.21. The molecule has 0 saturated heterocycles. The number of hydrogen-bond acceptors (Lipinski definition) is 3. The zero-order chi connectivity index (χ0) is 12.0. The second-order valence-corrected chi connectivity index (χ2v) is 4.10. The molecule has 92 valence electrons. The minimum Gasteiger partial charge on any atom is -0.382 e. The Morgan fingerprint density at radius 1 is 1.56 bits per heavy atom. The van der Waals surface area contributed by atoms with Crippen LogP contribution in [0, 0.1) is 0 Å². The number of nitrogens with zero attached hydrogens (tertiary/aromatic N) is 2. The fourth-order valence-corrected chi connectivity index (χ4v) is 1.84. The third-order valence-electron chi connectivity index (χ3n) is 3.00. The van der Waals surface area contributed by atoms with Crippen molar-refractivity contribution < 1.29 is 4.74 Å². The summed E-state index contributed by atoms with van der Waals surface area (Å²) in [4.78, 5) is 4.39. The van der Waals surface area contributed by atoms with E-state index < -0.39 is 0 Å². The summed E-state index contributed by atoms with van der Waals surface area (Å²) < 4.78 is 7.47. The SMILES string of the molecule is CCn1ccnc1CC(CC(C)OC)NC. The fourth-order valence-electron chi connectivity index (χ4n) is 1.84. The quantitative estimate of drug-likeness (QED) is 0.763. The van der Waals surface area contributed by atoms with Crippen molar-refractivity contribution >= 4 is 0 Å². The molecule has 0 aliphatic carbocycles. The zero-order valence-electron chi connectivity index (χ0n) is 10.7. The maximum absolute atomic E-state index is 5.29. The number of nitrogens with one attached hydrogen (secondary N) is 1. The Hall–Kier alpha value is -0.870. The maximum atomic E-state index is 5.29. The molecule has 1 N–H and O–H groups in total. The van der Waals surface area contributed by atoms with Crippen molar-refractivity contribution in [1.82, 2.24) is 14.9 Å². The van der Waals surface area contributed by atoms with Crippen molar-refractivity contribution in [1.29, 1.82) is 0 Å². The van der Waals surface area contributed by atoms with Crippen LogP contribution in [-0.2, 0) is 17.7 Å². The molecule has 0 fully saturated rings. The van der Waals surface area contributed by atoms with Crippen molar-refractivity contribution in [2.45, 2.75) is 45.4 Å². The average molecular weight is 225 g/mol. The standard InChI is InChI=1S/C12H23N3O/c1-5-15-7-6-14-12(15)9-11(13-3)8-10(2)16-4/h6-7,10-11,13H,5,8-9H2,1-4H3. The molecule has 0 amide bonds. The summed E-state index contributed by atoms with van der Waals surface area (Å²) >= 11 is 0. The molecule has 0 aliphatic heterocycles. The molecular weight excluding hydrogens is 202 g/mol. The topological polar surface area (TPSA) is 39.1 Å². The largest absolute Gasteiger partial charge is 0.382 e. The van der Waals surface area contributed by atoms with Gasteiger partial charge in [-0.25, -0.2) is 4.98 Å². The van der Waals surface area contributed by atoms with E-state index in [-0.39, 0.29) is 6.10 Å². The molecule has 1 rings (SSSR count). The first-order valence-electron chi connectivity index (χ1n) is 5.91. The van der Waals surface area contributed by atoms with Gasteiger partial charge in [-0.2, -0.15) is 0 Å². The Bertz CT molecular complexity index is 298. The van der Waals surface area contributed by atoms with E-state index in [1.807, 2.05) is 19.4 Å². The Labute approximate surface area is 98.0 Å². The molecule has 2 atom stereocenters. The van der Waals surface area contributed by atoms with Gasteiger partial charge < -0.3 is 14.6 Å². The second kappa shape index (κ2) is 6.66. The van der Waals surface area contributed by atoms with Crippen LogP contribution in [0.1, 0.15) is 26.1 Å². The van der Waals surface area contributed by atoms with Crippen LogP contribution in [0.2, 0.25) is 0 Å². The van der Waals surface area contributed by atoms with E-state index in [2.05, 4.69) is 28.7 Å². The molecule has 1 heterocycles. The third-order valence-corrected chi connectivity index (χ3v) is 3.00. The number of ether oxygens (including phenoxy) is 1. The van der Waals surface area contributed by atoms with Crippen LogP contribution < -0.4 is 5.32 Å². The number of aromatic nitrogens is 2. The highest BCUT2D eigenvalue weighted by molar-refractivity contribution is 4.95. The molecule has 0 bridgehead atoms. The molecule has 2 unspecified atom stereocenters. The molecule has 1 aromatic heterocycles. The molecule has 0 aliphatic rings. The van der Waals surface area contributed by atoms with Gasteiger partial charge in [-0.3, -0.25) is 0 Å². The van der Waals surface area contributed by atoms with Gasteiger partial charge in [0.2, 0.25) is 0 Å². The lowest BCUT2D eigenvalue weighted by Gasteiger charge is -2.19. The van der Waals surface area contributed by atoms with Gasteiger partial charge in [-0.05, 0) is 27.3 Å². The minimum atomic E-state index is 0.280. The first-order valence-corrected chi connectivity index (χ1v) is 5.91. The van der Waals surface area contributed by atoms with Crippen molar-refractivity contribution in [2.75, 3.05) is 14.2 Å². The lowest BCUT2D eigenvalue weighted by atomic mass is 10.1. The molecule has 0 spiro atoms. The van der Waals surface area contributed by atoms with Gasteiger partial charge >= 0.3 is 0 Å². The highest BCUT2D eigenvalue weighted by Crippen LogP contribution is 2.08. The highest BCUT2D eigenvalue weighted by atomic mass is 16.5. The Balaban J connectivity index is 2.56. The maximum Gasteiger partial charge on any atom is 0.110 e. The highest BCUT2D eigenvalue weighted by Gasteiger charge is 2.14. The van der Waals surface area contributed by atoms with Crippen LogP contribution in [0.4, 0.5) is 0 Å². The summed E-state index contributed by atoms with van der Waals surface area (Å²) in [6, 6.07) is 0.419. The number of hydrogen-bond donors (Lipinski definition) is 1. The zero-order valence-corrected chi connectivity index (χ0v) is 10.7. The summed E-state index contributed by atoms with van der Waals surface area (Å²) in [7, 11) is 3.75. The Morgan fingerprint density at radius 3 is 2.88 bits per heavy atom.